The van der Waals surface area contributed by atoms with Crippen LogP contribution < -0.4 is 0 Å². The summed E-state index contributed by atoms with van der Waals surface area (Å²) >= 11 is 0. The summed E-state index contributed by atoms with van der Waals surface area (Å²) in [6.07, 6.45) is 6.59. The molecule has 4 fully saturated rings. The lowest BCUT2D eigenvalue weighted by atomic mass is 9.46. The fourth-order valence-electron chi connectivity index (χ4n) is 4.54. The Balaban J connectivity index is 2.00. The van der Waals surface area contributed by atoms with E-state index < -0.39 is 5.97 Å². The van der Waals surface area contributed by atoms with Gasteiger partial charge in [-0.25, -0.2) is 0 Å². The molecule has 2 bridgehead atoms. The van der Waals surface area contributed by atoms with E-state index in [1.54, 1.807) is 0 Å². The number of carboxylic acids is 1. The second-order valence-electron chi connectivity index (χ2n) is 5.88. The van der Waals surface area contributed by atoms with Crippen molar-refractivity contribution in [3.05, 3.63) is 0 Å². The Labute approximate surface area is 95.2 Å². The SMILES string of the molecule is O=C1C[C@]23CCCC[C@@H]2C[C@H]1C[C@@H]3C(=O)O. The molecule has 0 saturated heterocycles. The molecule has 1 N–H and O–H groups in total. The average Bonchev–Trinajstić information content (AvgIpc) is 2.26. The van der Waals surface area contributed by atoms with Crippen molar-refractivity contribution in [3.8, 4) is 0 Å². The van der Waals surface area contributed by atoms with Gasteiger partial charge in [0, 0.05) is 12.3 Å². The van der Waals surface area contributed by atoms with Crippen LogP contribution in [0.15, 0.2) is 0 Å². The van der Waals surface area contributed by atoms with Gasteiger partial charge < -0.3 is 5.11 Å². The number of Topliss-reactive ketones (excluding diaryl/α,β-unsaturated/α-hetero) is 1. The van der Waals surface area contributed by atoms with Gasteiger partial charge in [0.2, 0.25) is 0 Å². The summed E-state index contributed by atoms with van der Waals surface area (Å²) in [6.45, 7) is 0. The van der Waals surface area contributed by atoms with Gasteiger partial charge >= 0.3 is 5.97 Å². The van der Waals surface area contributed by atoms with Crippen LogP contribution in [0.2, 0.25) is 0 Å². The first-order valence-electron chi connectivity index (χ1n) is 6.39. The molecule has 4 aliphatic rings. The molecule has 0 amide bonds. The van der Waals surface area contributed by atoms with Crippen molar-refractivity contribution in [2.24, 2.45) is 23.2 Å². The van der Waals surface area contributed by atoms with Crippen LogP contribution in [-0.2, 0) is 9.59 Å². The monoisotopic (exact) mass is 222 g/mol. The zero-order chi connectivity index (χ0) is 11.3. The third kappa shape index (κ3) is 1.20. The van der Waals surface area contributed by atoms with Crippen molar-refractivity contribution in [2.45, 2.75) is 44.9 Å². The number of hydrogen-bond acceptors (Lipinski definition) is 2. The zero-order valence-electron chi connectivity index (χ0n) is 9.45. The van der Waals surface area contributed by atoms with Crippen LogP contribution in [0.1, 0.15) is 44.9 Å². The summed E-state index contributed by atoms with van der Waals surface area (Å²) in [6, 6.07) is 0. The second-order valence-corrected chi connectivity index (χ2v) is 5.88. The first-order chi connectivity index (χ1) is 7.63. The quantitative estimate of drug-likeness (QED) is 0.740. The minimum Gasteiger partial charge on any atom is -0.481 e. The van der Waals surface area contributed by atoms with Gasteiger partial charge in [0.05, 0.1) is 5.92 Å². The third-order valence-corrected chi connectivity index (χ3v) is 5.30. The molecule has 88 valence electrons. The third-order valence-electron chi connectivity index (χ3n) is 5.30. The van der Waals surface area contributed by atoms with Gasteiger partial charge in [-0.15, -0.1) is 0 Å². The lowest BCUT2D eigenvalue weighted by Crippen LogP contribution is -2.56. The fraction of sp³-hybridized carbons (Fsp3) is 0.846. The van der Waals surface area contributed by atoms with Crippen LogP contribution in [0.25, 0.3) is 0 Å². The Kier molecular flexibility index (Phi) is 2.13. The predicted octanol–water partition coefficient (Wildman–Crippen LogP) is 2.25. The molecule has 3 heteroatoms. The van der Waals surface area contributed by atoms with Crippen molar-refractivity contribution in [2.75, 3.05) is 0 Å². The molecule has 16 heavy (non-hydrogen) atoms. The Morgan fingerprint density at radius 1 is 1.31 bits per heavy atom. The highest BCUT2D eigenvalue weighted by atomic mass is 16.4. The number of ketones is 1. The summed E-state index contributed by atoms with van der Waals surface area (Å²) < 4.78 is 0. The van der Waals surface area contributed by atoms with Crippen molar-refractivity contribution < 1.29 is 14.7 Å². The molecule has 4 atom stereocenters. The first kappa shape index (κ1) is 10.3. The highest BCUT2D eigenvalue weighted by molar-refractivity contribution is 5.87. The minimum absolute atomic E-state index is 0.0612. The van der Waals surface area contributed by atoms with Crippen molar-refractivity contribution in [1.29, 1.82) is 0 Å². The van der Waals surface area contributed by atoms with Crippen LogP contribution in [0.4, 0.5) is 0 Å². The topological polar surface area (TPSA) is 54.4 Å². The zero-order valence-corrected chi connectivity index (χ0v) is 9.45. The van der Waals surface area contributed by atoms with E-state index in [0.29, 0.717) is 24.5 Å². The van der Waals surface area contributed by atoms with E-state index in [1.165, 1.54) is 6.42 Å². The Morgan fingerprint density at radius 2 is 2.12 bits per heavy atom. The molecule has 4 rings (SSSR count). The molecule has 4 aliphatic carbocycles. The van der Waals surface area contributed by atoms with Crippen molar-refractivity contribution in [3.63, 3.8) is 0 Å². The van der Waals surface area contributed by atoms with Gasteiger partial charge in [-0.2, -0.15) is 0 Å². The lowest BCUT2D eigenvalue weighted by molar-refractivity contribution is -0.169. The smallest absolute Gasteiger partial charge is 0.307 e. The molecular formula is C13H18O3. The van der Waals surface area contributed by atoms with Crippen LogP contribution in [0, 0.1) is 23.2 Å². The van der Waals surface area contributed by atoms with Crippen LogP contribution >= 0.6 is 0 Å². The van der Waals surface area contributed by atoms with Gasteiger partial charge in [0.25, 0.3) is 0 Å². The molecule has 0 heterocycles. The maximum absolute atomic E-state index is 11.9. The maximum Gasteiger partial charge on any atom is 0.307 e. The van der Waals surface area contributed by atoms with Crippen molar-refractivity contribution >= 4 is 11.8 Å². The van der Waals surface area contributed by atoms with E-state index in [1.807, 2.05) is 0 Å². The highest BCUT2D eigenvalue weighted by Crippen LogP contribution is 2.61. The normalized spacial score (nSPS) is 46.5. The van der Waals surface area contributed by atoms with Crippen LogP contribution in [-0.4, -0.2) is 16.9 Å². The number of aliphatic carboxylic acids is 1. The Bertz CT molecular complexity index is 349. The molecule has 0 radical (unpaired) electrons. The summed E-state index contributed by atoms with van der Waals surface area (Å²) in [5.41, 5.74) is -0.157. The van der Waals surface area contributed by atoms with E-state index in [-0.39, 0.29) is 17.3 Å². The molecule has 1 spiro atoms. The number of rotatable bonds is 1. The van der Waals surface area contributed by atoms with Crippen LogP contribution in [0.3, 0.4) is 0 Å². The number of carbonyl (C=O) groups excluding carboxylic acids is 1. The minimum atomic E-state index is -0.663. The summed E-state index contributed by atoms with van der Waals surface area (Å²) in [5.74, 6) is 0.0128. The Hall–Kier alpha value is -0.860. The number of fused-ring (bicyclic) bond motifs is 2. The van der Waals surface area contributed by atoms with E-state index in [0.717, 1.165) is 25.7 Å². The molecule has 0 aromatic heterocycles. The maximum atomic E-state index is 11.9. The van der Waals surface area contributed by atoms with Crippen LogP contribution in [0.5, 0.6) is 0 Å². The molecular weight excluding hydrogens is 204 g/mol. The molecule has 4 saturated carbocycles. The molecule has 0 aromatic carbocycles. The van der Waals surface area contributed by atoms with Gasteiger partial charge in [-0.3, -0.25) is 9.59 Å². The molecule has 3 nitrogen and oxygen atoms in total. The number of carboxylic acid groups (broad SMARTS) is 1. The lowest BCUT2D eigenvalue weighted by Gasteiger charge is -2.57. The number of carbonyl (C=O) groups is 2. The van der Waals surface area contributed by atoms with Gasteiger partial charge in [-0.1, -0.05) is 12.8 Å². The summed E-state index contributed by atoms with van der Waals surface area (Å²) in [5, 5.41) is 9.37. The largest absolute Gasteiger partial charge is 0.481 e. The fourth-order valence-corrected chi connectivity index (χ4v) is 4.54. The summed E-state index contributed by atoms with van der Waals surface area (Å²) in [7, 11) is 0. The second kappa shape index (κ2) is 3.31. The van der Waals surface area contributed by atoms with Gasteiger partial charge in [0.15, 0.2) is 0 Å². The average molecular weight is 222 g/mol. The van der Waals surface area contributed by atoms with E-state index in [2.05, 4.69) is 0 Å². The van der Waals surface area contributed by atoms with Crippen molar-refractivity contribution in [1.82, 2.24) is 0 Å². The molecule has 0 aliphatic heterocycles. The standard InChI is InChI=1S/C13H18O3/c14-11-7-13-4-2-1-3-9(13)5-8(11)6-10(13)12(15)16/h8-10H,1-7H2,(H,15,16)/t8-,9+,10+,13+/m0/s1. The molecule has 0 unspecified atom stereocenters. The van der Waals surface area contributed by atoms with Gasteiger partial charge in [-0.05, 0) is 37.0 Å². The van der Waals surface area contributed by atoms with Gasteiger partial charge in [0.1, 0.15) is 5.78 Å². The highest BCUT2D eigenvalue weighted by Gasteiger charge is 2.59. The molecule has 0 aromatic rings. The van der Waals surface area contributed by atoms with E-state index in [4.69, 9.17) is 0 Å². The van der Waals surface area contributed by atoms with E-state index in [9.17, 15) is 14.7 Å². The Morgan fingerprint density at radius 3 is 2.88 bits per heavy atom. The first-order valence-corrected chi connectivity index (χ1v) is 6.39. The van der Waals surface area contributed by atoms with E-state index >= 15 is 0 Å². The summed E-state index contributed by atoms with van der Waals surface area (Å²) in [4.78, 5) is 23.3. The number of hydrogen-bond donors (Lipinski definition) is 1. The predicted molar refractivity (Wildman–Crippen MR) is 57.9 cm³/mol.